The number of unbranched alkanes of at least 4 members (excludes halogenated alkanes) is 1. The second-order valence-corrected chi connectivity index (χ2v) is 9.90. The van der Waals surface area contributed by atoms with Gasteiger partial charge >= 0.3 is 0 Å². The van der Waals surface area contributed by atoms with Crippen molar-refractivity contribution >= 4 is 11.4 Å². The van der Waals surface area contributed by atoms with Crippen LogP contribution in [0.4, 0.5) is 5.69 Å². The summed E-state index contributed by atoms with van der Waals surface area (Å²) in [5.41, 5.74) is 11.0. The van der Waals surface area contributed by atoms with E-state index in [0.29, 0.717) is 6.04 Å². The fourth-order valence-corrected chi connectivity index (χ4v) is 4.78. The molecule has 1 aliphatic rings. The molecule has 1 N–H and O–H groups in total. The van der Waals surface area contributed by atoms with Crippen molar-refractivity contribution in [2.24, 2.45) is 0 Å². The standard InChI is InChI=1S/C31H49N3/c1-10-13-22-32-31(26-17-19-27(20-18-26)33(7)8)29(15-12-3)24(5)28(14-11-2)25(6)30-21-16-23(4)34(30)9/h16-21,23,32H,10-15,22H2,1-9H3/b28-24+,30-25+,31-29-. The Hall–Kier alpha value is -2.42. The molecule has 2 rings (SSSR count). The summed E-state index contributed by atoms with van der Waals surface area (Å²) in [5.74, 6) is 0. The first-order chi connectivity index (χ1) is 16.3. The molecule has 1 aromatic rings. The van der Waals surface area contributed by atoms with E-state index in [-0.39, 0.29) is 0 Å². The Morgan fingerprint density at radius 3 is 2.06 bits per heavy atom. The zero-order valence-electron chi connectivity index (χ0n) is 23.4. The lowest BCUT2D eigenvalue weighted by atomic mass is 9.88. The third-order valence-corrected chi connectivity index (χ3v) is 7.07. The number of anilines is 1. The zero-order valence-corrected chi connectivity index (χ0v) is 23.4. The van der Waals surface area contributed by atoms with Crippen molar-refractivity contribution < 1.29 is 0 Å². The molecule has 188 valence electrons. The Kier molecular flexibility index (Phi) is 11.0. The lowest BCUT2D eigenvalue weighted by Crippen LogP contribution is -2.22. The molecular formula is C31H49N3. The Labute approximate surface area is 210 Å². The molecule has 0 fully saturated rings. The fraction of sp³-hybridized carbons (Fsp3) is 0.548. The molecule has 1 aliphatic heterocycles. The van der Waals surface area contributed by atoms with Crippen molar-refractivity contribution in [1.82, 2.24) is 10.2 Å². The molecule has 0 saturated heterocycles. The van der Waals surface area contributed by atoms with Gasteiger partial charge in [-0.2, -0.15) is 0 Å². The van der Waals surface area contributed by atoms with Gasteiger partial charge in [0, 0.05) is 50.8 Å². The number of rotatable bonds is 12. The quantitative estimate of drug-likeness (QED) is 0.251. The van der Waals surface area contributed by atoms with Crippen LogP contribution in [0.1, 0.15) is 85.6 Å². The number of hydrogen-bond donors (Lipinski definition) is 1. The number of hydrogen-bond acceptors (Lipinski definition) is 3. The van der Waals surface area contributed by atoms with E-state index in [0.717, 1.165) is 32.2 Å². The van der Waals surface area contributed by atoms with Crippen LogP contribution in [0, 0.1) is 0 Å². The van der Waals surface area contributed by atoms with E-state index < -0.39 is 0 Å². The van der Waals surface area contributed by atoms with Gasteiger partial charge in [-0.3, -0.25) is 0 Å². The Morgan fingerprint density at radius 2 is 1.56 bits per heavy atom. The van der Waals surface area contributed by atoms with E-state index in [9.17, 15) is 0 Å². The smallest absolute Gasteiger partial charge is 0.0449 e. The van der Waals surface area contributed by atoms with Gasteiger partial charge < -0.3 is 15.1 Å². The van der Waals surface area contributed by atoms with Crippen molar-refractivity contribution in [2.75, 3.05) is 32.6 Å². The second kappa shape index (κ2) is 13.5. The first kappa shape index (κ1) is 27.8. The summed E-state index contributed by atoms with van der Waals surface area (Å²) < 4.78 is 0. The second-order valence-electron chi connectivity index (χ2n) is 9.90. The van der Waals surface area contributed by atoms with E-state index in [1.165, 1.54) is 57.8 Å². The molecule has 0 bridgehead atoms. The van der Waals surface area contributed by atoms with E-state index in [4.69, 9.17) is 0 Å². The van der Waals surface area contributed by atoms with Gasteiger partial charge in [-0.25, -0.2) is 0 Å². The maximum absolute atomic E-state index is 3.86. The zero-order chi connectivity index (χ0) is 25.3. The van der Waals surface area contributed by atoms with E-state index in [1.54, 1.807) is 0 Å². The van der Waals surface area contributed by atoms with Crippen molar-refractivity contribution in [2.45, 2.75) is 86.1 Å². The van der Waals surface area contributed by atoms with Gasteiger partial charge in [-0.15, -0.1) is 0 Å². The van der Waals surface area contributed by atoms with Gasteiger partial charge in [0.25, 0.3) is 0 Å². The maximum atomic E-state index is 3.86. The minimum absolute atomic E-state index is 0.459. The van der Waals surface area contributed by atoms with Crippen molar-refractivity contribution in [3.63, 3.8) is 0 Å². The van der Waals surface area contributed by atoms with Crippen LogP contribution in [0.25, 0.3) is 5.70 Å². The Morgan fingerprint density at radius 1 is 0.941 bits per heavy atom. The summed E-state index contributed by atoms with van der Waals surface area (Å²) in [7, 11) is 6.42. The lowest BCUT2D eigenvalue weighted by molar-refractivity contribution is 0.401. The molecule has 1 atom stereocenters. The molecule has 0 spiro atoms. The molecule has 0 radical (unpaired) electrons. The largest absolute Gasteiger partial charge is 0.384 e. The lowest BCUT2D eigenvalue weighted by Gasteiger charge is -2.25. The predicted molar refractivity (Wildman–Crippen MR) is 152 cm³/mol. The summed E-state index contributed by atoms with van der Waals surface area (Å²) in [6.07, 6.45) is 11.5. The number of likely N-dealkylation sites (N-methyl/N-ethyl adjacent to an activating group) is 1. The van der Waals surface area contributed by atoms with Crippen LogP contribution in [0.3, 0.4) is 0 Å². The van der Waals surface area contributed by atoms with Crippen LogP contribution in [-0.4, -0.2) is 38.6 Å². The number of allylic oxidation sites excluding steroid dienone is 5. The normalized spacial score (nSPS) is 18.6. The van der Waals surface area contributed by atoms with Gasteiger partial charge in [0.2, 0.25) is 0 Å². The van der Waals surface area contributed by atoms with Gasteiger partial charge in [0.1, 0.15) is 0 Å². The Balaban J connectivity index is 2.71. The van der Waals surface area contributed by atoms with Crippen LogP contribution in [-0.2, 0) is 0 Å². The molecular weight excluding hydrogens is 414 g/mol. The molecule has 0 amide bonds. The van der Waals surface area contributed by atoms with Crippen LogP contribution in [0.5, 0.6) is 0 Å². The Bertz CT molecular complexity index is 913. The monoisotopic (exact) mass is 463 g/mol. The topological polar surface area (TPSA) is 18.5 Å². The average Bonchev–Trinajstić information content (AvgIpc) is 3.16. The molecule has 0 aromatic heterocycles. The fourth-order valence-electron chi connectivity index (χ4n) is 4.78. The highest BCUT2D eigenvalue weighted by molar-refractivity contribution is 5.73. The summed E-state index contributed by atoms with van der Waals surface area (Å²) in [5, 5.41) is 3.86. The van der Waals surface area contributed by atoms with Crippen LogP contribution in [0.15, 0.2) is 64.4 Å². The first-order valence-corrected chi connectivity index (χ1v) is 13.3. The number of benzene rings is 1. The molecule has 3 heteroatoms. The maximum Gasteiger partial charge on any atom is 0.0449 e. The summed E-state index contributed by atoms with van der Waals surface area (Å²) in [4.78, 5) is 4.57. The van der Waals surface area contributed by atoms with Gasteiger partial charge in [0.15, 0.2) is 0 Å². The minimum Gasteiger partial charge on any atom is -0.384 e. The van der Waals surface area contributed by atoms with E-state index >= 15 is 0 Å². The first-order valence-electron chi connectivity index (χ1n) is 13.3. The summed E-state index contributed by atoms with van der Waals surface area (Å²) >= 11 is 0. The van der Waals surface area contributed by atoms with Crippen LogP contribution < -0.4 is 10.2 Å². The van der Waals surface area contributed by atoms with Crippen molar-refractivity contribution in [1.29, 1.82) is 0 Å². The molecule has 1 unspecified atom stereocenters. The van der Waals surface area contributed by atoms with E-state index in [1.807, 2.05) is 0 Å². The summed E-state index contributed by atoms with van der Waals surface area (Å²) in [6.45, 7) is 14.8. The molecule has 34 heavy (non-hydrogen) atoms. The molecule has 0 saturated carbocycles. The average molecular weight is 464 g/mol. The highest BCUT2D eigenvalue weighted by atomic mass is 15.1. The third kappa shape index (κ3) is 6.81. The van der Waals surface area contributed by atoms with Gasteiger partial charge in [0.05, 0.1) is 0 Å². The summed E-state index contributed by atoms with van der Waals surface area (Å²) in [6, 6.07) is 9.50. The molecule has 1 heterocycles. The van der Waals surface area contributed by atoms with Gasteiger partial charge in [-0.1, -0.05) is 58.2 Å². The molecule has 0 aliphatic carbocycles. The predicted octanol–water partition coefficient (Wildman–Crippen LogP) is 7.93. The molecule has 3 nitrogen and oxygen atoms in total. The molecule has 1 aromatic carbocycles. The number of nitrogens with one attached hydrogen (secondary N) is 1. The van der Waals surface area contributed by atoms with E-state index in [2.05, 4.69) is 114 Å². The van der Waals surface area contributed by atoms with Crippen LogP contribution in [0.2, 0.25) is 0 Å². The minimum atomic E-state index is 0.459. The highest BCUT2D eigenvalue weighted by Crippen LogP contribution is 2.35. The third-order valence-electron chi connectivity index (χ3n) is 7.07. The van der Waals surface area contributed by atoms with Crippen molar-refractivity contribution in [3.8, 4) is 0 Å². The number of nitrogens with zero attached hydrogens (tertiary/aromatic N) is 2. The van der Waals surface area contributed by atoms with Gasteiger partial charge in [-0.05, 0) is 86.1 Å². The SMILES string of the molecule is CCCCN\C(=C(CCC)/C(C)=C(CCC)/C(C)=C1\C=CC(C)N1C)c1ccc(N(C)C)cc1. The van der Waals surface area contributed by atoms with Crippen molar-refractivity contribution in [3.05, 3.63) is 70.0 Å². The van der Waals surface area contributed by atoms with Crippen LogP contribution >= 0.6 is 0 Å². The highest BCUT2D eigenvalue weighted by Gasteiger charge is 2.21.